The Hall–Kier alpha value is -1.75. The molecule has 1 saturated heterocycles. The standard InChI is InChI=1S/C25H30Cl2N2O2/c26-19-6-11-22(23(27)18-19)25(12-2-1-3-13-25)24(30)28-20-7-9-21(10-8-20)31-17-16-29-14-4-5-15-29/h6-11,18H,1-5,12-17H2,(H,28,30). The van der Waals surface area contributed by atoms with E-state index in [1.54, 1.807) is 6.07 Å². The summed E-state index contributed by atoms with van der Waals surface area (Å²) >= 11 is 12.6. The van der Waals surface area contributed by atoms with Crippen LogP contribution >= 0.6 is 23.2 Å². The second-order valence-electron chi connectivity index (χ2n) is 8.64. The maximum Gasteiger partial charge on any atom is 0.235 e. The van der Waals surface area contributed by atoms with Crippen LogP contribution in [0.25, 0.3) is 0 Å². The summed E-state index contributed by atoms with van der Waals surface area (Å²) in [5.74, 6) is 0.824. The fourth-order valence-electron chi connectivity index (χ4n) is 4.84. The minimum Gasteiger partial charge on any atom is -0.492 e. The lowest BCUT2D eigenvalue weighted by Gasteiger charge is -2.37. The van der Waals surface area contributed by atoms with Crippen LogP contribution in [0.2, 0.25) is 10.0 Å². The van der Waals surface area contributed by atoms with Gasteiger partial charge in [0.1, 0.15) is 12.4 Å². The zero-order chi connectivity index (χ0) is 21.7. The van der Waals surface area contributed by atoms with E-state index >= 15 is 0 Å². The van der Waals surface area contributed by atoms with Crippen molar-refractivity contribution >= 4 is 34.8 Å². The van der Waals surface area contributed by atoms with Crippen LogP contribution in [-0.4, -0.2) is 37.0 Å². The van der Waals surface area contributed by atoms with E-state index in [-0.39, 0.29) is 5.91 Å². The van der Waals surface area contributed by atoms with Gasteiger partial charge in [-0.1, -0.05) is 48.5 Å². The normalized spacial score (nSPS) is 18.6. The SMILES string of the molecule is O=C(Nc1ccc(OCCN2CCCC2)cc1)C1(c2ccc(Cl)cc2Cl)CCCCC1. The smallest absolute Gasteiger partial charge is 0.235 e. The molecule has 6 heteroatoms. The summed E-state index contributed by atoms with van der Waals surface area (Å²) < 4.78 is 5.88. The number of likely N-dealkylation sites (tertiary alicyclic amines) is 1. The third-order valence-corrected chi connectivity index (χ3v) is 7.12. The molecule has 1 heterocycles. The van der Waals surface area contributed by atoms with E-state index < -0.39 is 5.41 Å². The van der Waals surface area contributed by atoms with E-state index in [0.717, 1.165) is 55.6 Å². The molecule has 1 aliphatic heterocycles. The molecule has 2 aromatic rings. The van der Waals surface area contributed by atoms with E-state index in [2.05, 4.69) is 10.2 Å². The van der Waals surface area contributed by atoms with Gasteiger partial charge in [-0.25, -0.2) is 0 Å². The summed E-state index contributed by atoms with van der Waals surface area (Å²) in [6, 6.07) is 13.1. The van der Waals surface area contributed by atoms with E-state index in [1.807, 2.05) is 36.4 Å². The van der Waals surface area contributed by atoms with Gasteiger partial charge in [0.05, 0.1) is 5.41 Å². The lowest BCUT2D eigenvalue weighted by Crippen LogP contribution is -2.42. The predicted molar refractivity (Wildman–Crippen MR) is 127 cm³/mol. The van der Waals surface area contributed by atoms with Crippen molar-refractivity contribution in [1.82, 2.24) is 4.90 Å². The number of benzene rings is 2. The molecule has 2 fully saturated rings. The van der Waals surface area contributed by atoms with Crippen LogP contribution in [0.1, 0.15) is 50.5 Å². The molecule has 31 heavy (non-hydrogen) atoms. The third-order valence-electron chi connectivity index (χ3n) is 6.58. The van der Waals surface area contributed by atoms with Gasteiger partial charge < -0.3 is 10.1 Å². The molecule has 2 aromatic carbocycles. The van der Waals surface area contributed by atoms with E-state index in [0.29, 0.717) is 16.7 Å². The monoisotopic (exact) mass is 460 g/mol. The Bertz CT molecular complexity index is 889. The Morgan fingerprint density at radius 3 is 2.35 bits per heavy atom. The summed E-state index contributed by atoms with van der Waals surface area (Å²) in [5.41, 5.74) is 1.02. The highest BCUT2D eigenvalue weighted by molar-refractivity contribution is 6.35. The van der Waals surface area contributed by atoms with Crippen molar-refractivity contribution in [3.05, 3.63) is 58.1 Å². The molecule has 0 spiro atoms. The molecule has 1 amide bonds. The van der Waals surface area contributed by atoms with Crippen LogP contribution in [-0.2, 0) is 10.2 Å². The van der Waals surface area contributed by atoms with Crippen molar-refractivity contribution in [2.75, 3.05) is 31.6 Å². The zero-order valence-electron chi connectivity index (χ0n) is 17.8. The summed E-state index contributed by atoms with van der Waals surface area (Å²) in [5, 5.41) is 4.27. The number of carbonyl (C=O) groups is 1. The second-order valence-corrected chi connectivity index (χ2v) is 9.49. The highest BCUT2D eigenvalue weighted by atomic mass is 35.5. The van der Waals surface area contributed by atoms with Gasteiger partial charge in [0.25, 0.3) is 0 Å². The van der Waals surface area contributed by atoms with Gasteiger partial charge in [0.15, 0.2) is 0 Å². The molecule has 2 aliphatic rings. The summed E-state index contributed by atoms with van der Waals surface area (Å²) in [4.78, 5) is 15.9. The van der Waals surface area contributed by atoms with Crippen molar-refractivity contribution in [2.45, 2.75) is 50.4 Å². The highest BCUT2D eigenvalue weighted by Crippen LogP contribution is 2.44. The van der Waals surface area contributed by atoms with Gasteiger partial charge in [-0.15, -0.1) is 0 Å². The fourth-order valence-corrected chi connectivity index (χ4v) is 5.43. The average Bonchev–Trinajstić information content (AvgIpc) is 3.29. The number of hydrogen-bond donors (Lipinski definition) is 1. The van der Waals surface area contributed by atoms with Crippen LogP contribution in [0.4, 0.5) is 5.69 Å². The number of rotatable bonds is 7. The molecule has 0 unspecified atom stereocenters. The maximum absolute atomic E-state index is 13.5. The van der Waals surface area contributed by atoms with Crippen LogP contribution in [0.15, 0.2) is 42.5 Å². The number of carbonyl (C=O) groups excluding carboxylic acids is 1. The number of anilines is 1. The second kappa shape index (κ2) is 10.2. The molecule has 0 aromatic heterocycles. The summed E-state index contributed by atoms with van der Waals surface area (Å²) in [6.07, 6.45) is 7.32. The Labute approximate surface area is 194 Å². The van der Waals surface area contributed by atoms with Gasteiger partial charge in [-0.2, -0.15) is 0 Å². The summed E-state index contributed by atoms with van der Waals surface area (Å²) in [6.45, 7) is 3.99. The Morgan fingerprint density at radius 1 is 0.968 bits per heavy atom. The minimum absolute atomic E-state index is 0.000811. The van der Waals surface area contributed by atoms with Gasteiger partial charge >= 0.3 is 0 Å². The zero-order valence-corrected chi connectivity index (χ0v) is 19.4. The van der Waals surface area contributed by atoms with Crippen LogP contribution in [0.5, 0.6) is 5.75 Å². The number of nitrogens with zero attached hydrogens (tertiary/aromatic N) is 1. The Balaban J connectivity index is 1.42. The van der Waals surface area contributed by atoms with Crippen LogP contribution < -0.4 is 10.1 Å². The molecular formula is C25H30Cl2N2O2. The minimum atomic E-state index is -0.620. The lowest BCUT2D eigenvalue weighted by atomic mass is 9.68. The fraction of sp³-hybridized carbons (Fsp3) is 0.480. The maximum atomic E-state index is 13.5. The van der Waals surface area contributed by atoms with Gasteiger partial charge in [0, 0.05) is 22.3 Å². The van der Waals surface area contributed by atoms with Crippen molar-refractivity contribution in [3.8, 4) is 5.75 Å². The lowest BCUT2D eigenvalue weighted by molar-refractivity contribution is -0.122. The molecule has 1 aliphatic carbocycles. The molecule has 1 saturated carbocycles. The quantitative estimate of drug-likeness (QED) is 0.526. The number of halogens is 2. The number of amides is 1. The molecule has 0 atom stereocenters. The van der Waals surface area contributed by atoms with Crippen molar-refractivity contribution in [2.24, 2.45) is 0 Å². The van der Waals surface area contributed by atoms with E-state index in [9.17, 15) is 4.79 Å². The number of hydrogen-bond acceptors (Lipinski definition) is 3. The number of nitrogens with one attached hydrogen (secondary N) is 1. The number of ether oxygens (including phenoxy) is 1. The molecule has 1 N–H and O–H groups in total. The van der Waals surface area contributed by atoms with Crippen molar-refractivity contribution < 1.29 is 9.53 Å². The molecular weight excluding hydrogens is 431 g/mol. The first-order valence-corrected chi connectivity index (χ1v) is 12.0. The molecule has 0 radical (unpaired) electrons. The third kappa shape index (κ3) is 5.36. The topological polar surface area (TPSA) is 41.6 Å². The predicted octanol–water partition coefficient (Wildman–Crippen LogP) is 6.31. The van der Waals surface area contributed by atoms with Gasteiger partial charge in [-0.3, -0.25) is 9.69 Å². The average molecular weight is 461 g/mol. The van der Waals surface area contributed by atoms with Crippen LogP contribution in [0.3, 0.4) is 0 Å². The van der Waals surface area contributed by atoms with E-state index in [4.69, 9.17) is 27.9 Å². The van der Waals surface area contributed by atoms with Crippen molar-refractivity contribution in [3.63, 3.8) is 0 Å². The molecule has 4 rings (SSSR count). The largest absolute Gasteiger partial charge is 0.492 e. The molecule has 0 bridgehead atoms. The Morgan fingerprint density at radius 2 is 1.68 bits per heavy atom. The van der Waals surface area contributed by atoms with Crippen LogP contribution in [0, 0.1) is 0 Å². The molecule has 166 valence electrons. The van der Waals surface area contributed by atoms with Gasteiger partial charge in [0.2, 0.25) is 5.91 Å². The van der Waals surface area contributed by atoms with Gasteiger partial charge in [-0.05, 0) is 80.7 Å². The molecule has 4 nitrogen and oxygen atoms in total. The van der Waals surface area contributed by atoms with Crippen molar-refractivity contribution in [1.29, 1.82) is 0 Å². The Kier molecular flexibility index (Phi) is 7.42. The first-order chi connectivity index (χ1) is 15.1. The van der Waals surface area contributed by atoms with E-state index in [1.165, 1.54) is 25.9 Å². The summed E-state index contributed by atoms with van der Waals surface area (Å²) in [7, 11) is 0. The highest BCUT2D eigenvalue weighted by Gasteiger charge is 2.42. The first-order valence-electron chi connectivity index (χ1n) is 11.3. The first kappa shape index (κ1) is 22.4.